The van der Waals surface area contributed by atoms with Crippen molar-refractivity contribution in [3.05, 3.63) is 437 Å². The van der Waals surface area contributed by atoms with Gasteiger partial charge >= 0.3 is 0 Å². The van der Waals surface area contributed by atoms with Gasteiger partial charge in [-0.2, -0.15) is 0 Å². The molecule has 2 aliphatic rings. The molecule has 0 unspecified atom stereocenters. The quantitative estimate of drug-likeness (QED) is 0.109. The van der Waals surface area contributed by atoms with Crippen LogP contribution >= 0.6 is 0 Å². The number of hydrogen-bond acceptors (Lipinski definition) is 4. The second-order valence-corrected chi connectivity index (χ2v) is 32.3. The van der Waals surface area contributed by atoms with Crippen LogP contribution < -0.4 is 0 Å². The third kappa shape index (κ3) is 12.4. The lowest BCUT2D eigenvalue weighted by atomic mass is 9.89. The van der Waals surface area contributed by atoms with E-state index in [2.05, 4.69) is 413 Å². The summed E-state index contributed by atoms with van der Waals surface area (Å²) in [6.45, 7) is 0. The third-order valence-electron chi connectivity index (χ3n) is 25.2. The predicted molar refractivity (Wildman–Crippen MR) is 510 cm³/mol. The molecule has 0 saturated heterocycles. The highest BCUT2D eigenvalue weighted by molar-refractivity contribution is 6.17. The van der Waals surface area contributed by atoms with Crippen LogP contribution in [0.1, 0.15) is 0 Å². The monoisotopic (exact) mass is 1540 g/mol. The molecule has 2 heterocycles. The van der Waals surface area contributed by atoms with Gasteiger partial charge in [0.15, 0.2) is 11.6 Å². The summed E-state index contributed by atoms with van der Waals surface area (Å²) in [5.74, 6) is 1.36. The largest absolute Gasteiger partial charge is 0.228 e. The highest BCUT2D eigenvalue weighted by Gasteiger charge is 2.25. The van der Waals surface area contributed by atoms with Crippen LogP contribution in [0.25, 0.3) is 255 Å². The highest BCUT2D eigenvalue weighted by Crippen LogP contribution is 2.52. The van der Waals surface area contributed by atoms with Crippen LogP contribution in [0, 0.1) is 0 Å². The van der Waals surface area contributed by atoms with Crippen LogP contribution in [-0.4, -0.2) is 19.9 Å². The van der Waals surface area contributed by atoms with E-state index in [4.69, 9.17) is 19.9 Å². The first kappa shape index (κ1) is 70.1. The van der Waals surface area contributed by atoms with E-state index in [0.29, 0.717) is 11.6 Å². The summed E-state index contributed by atoms with van der Waals surface area (Å²) in [6, 6.07) is 160. The van der Waals surface area contributed by atoms with Gasteiger partial charge in [0, 0.05) is 33.4 Å². The number of fused-ring (bicyclic) bond motifs is 9. The van der Waals surface area contributed by atoms with E-state index < -0.39 is 0 Å². The molecular formula is C118H72N4. The van der Waals surface area contributed by atoms with Crippen molar-refractivity contribution in [2.75, 3.05) is 0 Å². The first-order valence-electron chi connectivity index (χ1n) is 41.8. The minimum Gasteiger partial charge on any atom is -0.228 e. The Morgan fingerprint density at radius 3 is 0.746 bits per heavy atom. The second kappa shape index (κ2) is 28.9. The van der Waals surface area contributed by atoms with Crippen LogP contribution in [0.4, 0.5) is 0 Å². The van der Waals surface area contributed by atoms with Crippen LogP contribution in [0.3, 0.4) is 0 Å². The normalized spacial score (nSPS) is 11.8. The van der Waals surface area contributed by atoms with E-state index in [0.717, 1.165) is 122 Å². The van der Waals surface area contributed by atoms with E-state index in [1.54, 1.807) is 0 Å². The molecule has 4 nitrogen and oxygen atoms in total. The Bertz CT molecular complexity index is 7970. The summed E-state index contributed by atoms with van der Waals surface area (Å²) in [5.41, 5.74) is 38.4. The molecule has 4 heteroatoms. The zero-order valence-electron chi connectivity index (χ0n) is 66.4. The Morgan fingerprint density at radius 2 is 0.352 bits per heavy atom. The smallest absolute Gasteiger partial charge is 0.160 e. The number of nitrogens with zero attached hydrogens (tertiary/aromatic N) is 4. The highest BCUT2D eigenvalue weighted by atomic mass is 14.9. The Kier molecular flexibility index (Phi) is 16.6. The van der Waals surface area contributed by atoms with Gasteiger partial charge < -0.3 is 0 Å². The lowest BCUT2D eigenvalue weighted by molar-refractivity contribution is 1.18. The fourth-order valence-electron chi connectivity index (χ4n) is 18.9. The maximum absolute atomic E-state index is 5.33. The van der Waals surface area contributed by atoms with Gasteiger partial charge in [0.2, 0.25) is 0 Å². The summed E-state index contributed by atoms with van der Waals surface area (Å²) in [5, 5.41) is 12.2. The van der Waals surface area contributed by atoms with Gasteiger partial charge in [-0.3, -0.25) is 0 Å². The topological polar surface area (TPSA) is 51.6 Å². The Hall–Kier alpha value is -16.1. The predicted octanol–water partition coefficient (Wildman–Crippen LogP) is 31.7. The van der Waals surface area contributed by atoms with Crippen molar-refractivity contribution >= 4 is 53.9 Å². The van der Waals surface area contributed by atoms with Gasteiger partial charge in [-0.15, -0.1) is 0 Å². The van der Waals surface area contributed by atoms with E-state index >= 15 is 0 Å². The fourth-order valence-corrected chi connectivity index (χ4v) is 18.9. The zero-order chi connectivity index (χ0) is 80.3. The summed E-state index contributed by atoms with van der Waals surface area (Å²) in [4.78, 5) is 21.1. The summed E-state index contributed by atoms with van der Waals surface area (Å²) < 4.78 is 0. The molecule has 20 aromatic carbocycles. The molecule has 22 aromatic rings. The van der Waals surface area contributed by atoms with Crippen molar-refractivity contribution in [3.63, 3.8) is 0 Å². The van der Waals surface area contributed by atoms with E-state index in [1.807, 2.05) is 24.3 Å². The summed E-state index contributed by atoms with van der Waals surface area (Å²) in [7, 11) is 0. The van der Waals surface area contributed by atoms with Gasteiger partial charge in [-0.05, 0) is 254 Å². The lowest BCUT2D eigenvalue weighted by Gasteiger charge is -2.15. The molecule has 0 bridgehead atoms. The number of aromatic nitrogens is 4. The van der Waals surface area contributed by atoms with Gasteiger partial charge in [0.05, 0.1) is 22.8 Å². The molecule has 0 atom stereocenters. The molecule has 0 saturated carbocycles. The Labute approximate surface area is 707 Å². The average molecular weight is 1550 g/mol. The van der Waals surface area contributed by atoms with Gasteiger partial charge in [-0.25, -0.2) is 19.9 Å². The van der Waals surface area contributed by atoms with E-state index in [-0.39, 0.29) is 0 Å². The third-order valence-corrected chi connectivity index (χ3v) is 25.2. The van der Waals surface area contributed by atoms with E-state index in [9.17, 15) is 0 Å². The first-order valence-corrected chi connectivity index (χ1v) is 41.8. The standard InChI is InChI=1S/C118H72N4/c1-4-16-73(17-5-1)74-36-46-81(47-37-74)111-71-112(120-117(119-111)86-18-6-2-7-19-86)82-50-44-80(45-51-82)108-70-98-64-93(54-55-96(98)67-107(108)78-40-34-76(35-41-78)95-59-61-100-102-29-13-25-85-27-15-31-104(116(85)102)110(100)69-95)90-52-53-92-63-97(57-56-91(92)62-90)114-72-113(121-118(122-114)87-20-8-3-9-21-87)83-48-42-79(43-49-83)106-66-89-23-11-10-22-88(89)65-105(106)77-38-32-75(33-39-77)94-58-60-99-101-28-12-24-84-26-14-30-103(115(84)101)109(99)68-94/h1-72H. The summed E-state index contributed by atoms with van der Waals surface area (Å²) >= 11 is 0. The van der Waals surface area contributed by atoms with Crippen LogP contribution in [0.2, 0.25) is 0 Å². The van der Waals surface area contributed by atoms with Crippen molar-refractivity contribution in [1.29, 1.82) is 0 Å². The number of benzene rings is 20. The molecule has 0 fully saturated rings. The second-order valence-electron chi connectivity index (χ2n) is 32.3. The summed E-state index contributed by atoms with van der Waals surface area (Å²) in [6.07, 6.45) is 0. The maximum Gasteiger partial charge on any atom is 0.160 e. The van der Waals surface area contributed by atoms with Gasteiger partial charge in [0.1, 0.15) is 0 Å². The molecule has 24 rings (SSSR count). The first-order chi connectivity index (χ1) is 60.4. The molecule has 2 aliphatic carbocycles. The van der Waals surface area contributed by atoms with Crippen LogP contribution in [0.5, 0.6) is 0 Å². The Morgan fingerprint density at radius 1 is 0.107 bits per heavy atom. The minimum atomic E-state index is 0.675. The molecule has 0 radical (unpaired) electrons. The van der Waals surface area contributed by atoms with Crippen LogP contribution in [0.15, 0.2) is 437 Å². The van der Waals surface area contributed by atoms with Crippen molar-refractivity contribution in [2.24, 2.45) is 0 Å². The van der Waals surface area contributed by atoms with Crippen molar-refractivity contribution < 1.29 is 0 Å². The van der Waals surface area contributed by atoms with Gasteiger partial charge in [0.25, 0.3) is 0 Å². The fraction of sp³-hybridized carbons (Fsp3) is 0. The minimum absolute atomic E-state index is 0.675. The number of hydrogen-bond donors (Lipinski definition) is 0. The molecule has 2 aromatic heterocycles. The van der Waals surface area contributed by atoms with Gasteiger partial charge in [-0.1, -0.05) is 370 Å². The molecule has 0 aliphatic heterocycles. The molecule has 0 N–H and O–H groups in total. The Balaban J connectivity index is 0.550. The molecule has 564 valence electrons. The SMILES string of the molecule is c1ccc(-c2ccc(-c3cc(-c4ccc(-c5cc6cc(-c7ccc8cc(-c9cc(-c%10ccc(-c%11cc%12ccccc%12cc%11-c%11ccc(-c%12ccc%13c(c%12)-c%12cccc%14cccc-%13c%12%14)cc%11)cc%10)nc(-c%10ccccc%10)n9)ccc8c7)ccc6cc5-c5ccc(-c6ccc7c(c6)-c6cccc8cccc-7c68)cc5)cc4)nc(-c4ccccc4)n3)cc2)cc1. The number of rotatable bonds is 14. The molecule has 0 amide bonds. The maximum atomic E-state index is 5.33. The lowest BCUT2D eigenvalue weighted by Crippen LogP contribution is -1.96. The van der Waals surface area contributed by atoms with Crippen LogP contribution in [-0.2, 0) is 0 Å². The molecular weight excluding hydrogens is 1470 g/mol. The van der Waals surface area contributed by atoms with Crippen molar-refractivity contribution in [3.8, 4) is 201 Å². The van der Waals surface area contributed by atoms with E-state index in [1.165, 1.54) is 121 Å². The molecule has 122 heavy (non-hydrogen) atoms. The van der Waals surface area contributed by atoms with Crippen molar-refractivity contribution in [1.82, 2.24) is 19.9 Å². The zero-order valence-corrected chi connectivity index (χ0v) is 66.4. The average Bonchev–Trinajstić information content (AvgIpc) is 1.56. The van der Waals surface area contributed by atoms with Crippen molar-refractivity contribution in [2.45, 2.75) is 0 Å². The molecule has 0 spiro atoms.